The van der Waals surface area contributed by atoms with Crippen LogP contribution in [0.4, 0.5) is 30.2 Å². The number of alkyl halides is 3. The highest BCUT2D eigenvalue weighted by atomic mass is 32.2. The predicted molar refractivity (Wildman–Crippen MR) is 230 cm³/mol. The van der Waals surface area contributed by atoms with Crippen molar-refractivity contribution in [3.05, 3.63) is 87.7 Å². The van der Waals surface area contributed by atoms with Gasteiger partial charge in [-0.3, -0.25) is 19.8 Å². The number of nitrogens with one attached hydrogen (secondary N) is 3. The average Bonchev–Trinajstić information content (AvgIpc) is 3.68. The van der Waals surface area contributed by atoms with Gasteiger partial charge in [0.05, 0.1) is 27.0 Å². The van der Waals surface area contributed by atoms with E-state index < -0.39 is 43.0 Å². The Morgan fingerprint density at radius 1 is 1.05 bits per heavy atom. The van der Waals surface area contributed by atoms with Crippen LogP contribution in [-0.2, 0) is 14.8 Å². The van der Waals surface area contributed by atoms with E-state index in [-0.39, 0.29) is 53.0 Å². The number of H-pyrrole nitrogens is 1. The topological polar surface area (TPSA) is 172 Å². The number of aromatic amines is 1. The highest BCUT2D eigenvalue weighted by Gasteiger charge is 2.79. The van der Waals surface area contributed by atoms with Crippen molar-refractivity contribution in [1.82, 2.24) is 19.6 Å². The maximum atomic E-state index is 13.9. The molecule has 0 radical (unpaired) electrons. The zero-order valence-corrected chi connectivity index (χ0v) is 36.2. The molecular weight excluding hydrogens is 840 g/mol. The van der Waals surface area contributed by atoms with Crippen molar-refractivity contribution in [3.63, 3.8) is 0 Å². The van der Waals surface area contributed by atoms with Gasteiger partial charge in [0.25, 0.3) is 21.6 Å². The number of benzene rings is 2. The summed E-state index contributed by atoms with van der Waals surface area (Å²) in [5, 5.41) is 15.9. The summed E-state index contributed by atoms with van der Waals surface area (Å²) in [6.45, 7) is 9.53. The summed E-state index contributed by atoms with van der Waals surface area (Å²) in [6.07, 6.45) is 4.08. The first-order chi connectivity index (χ1) is 29.9. The number of carbonyl (C=O) groups is 1. The van der Waals surface area contributed by atoms with E-state index in [1.807, 2.05) is 6.07 Å². The molecule has 2 aromatic heterocycles. The number of amides is 1. The van der Waals surface area contributed by atoms with Crippen molar-refractivity contribution in [2.45, 2.75) is 76.3 Å². The summed E-state index contributed by atoms with van der Waals surface area (Å²) in [4.78, 5) is 36.8. The minimum Gasteiger partial charge on any atom is -0.455 e. The summed E-state index contributed by atoms with van der Waals surface area (Å²) in [6, 6.07) is 12.0. The molecule has 336 valence electrons. The molecule has 3 saturated carbocycles. The largest absolute Gasteiger partial charge is 0.455 e. The van der Waals surface area contributed by atoms with Gasteiger partial charge in [-0.1, -0.05) is 25.0 Å². The molecule has 18 heteroatoms. The SMILES string of the molecule is CC1(C)CCC(CN2CCN(c3ccc(C(=O)NS(=O)(=O)c4ccc(NCC5CCOCC5)c([N+](=O)[O-])c4)c(Oc4cnc5[nH]ccc5c4)c3)CC2)=C(C23CC(C(F)(F)F)(C2)C3)C1. The van der Waals surface area contributed by atoms with Gasteiger partial charge in [0.2, 0.25) is 0 Å². The van der Waals surface area contributed by atoms with Crippen LogP contribution in [0, 0.1) is 32.3 Å². The number of carbonyl (C=O) groups excluding carboxylic acids is 1. The van der Waals surface area contributed by atoms with Crippen molar-refractivity contribution < 1.29 is 40.8 Å². The van der Waals surface area contributed by atoms with Crippen LogP contribution in [0.1, 0.15) is 75.6 Å². The van der Waals surface area contributed by atoms with Gasteiger partial charge in [-0.25, -0.2) is 18.1 Å². The van der Waals surface area contributed by atoms with Crippen molar-refractivity contribution >= 4 is 44.0 Å². The van der Waals surface area contributed by atoms with Gasteiger partial charge in [0.1, 0.15) is 22.8 Å². The second kappa shape index (κ2) is 16.1. The number of fused-ring (bicyclic) bond motifs is 1. The summed E-state index contributed by atoms with van der Waals surface area (Å²) in [5.74, 6) is -0.353. The van der Waals surface area contributed by atoms with Crippen LogP contribution in [0.5, 0.6) is 11.5 Å². The van der Waals surface area contributed by atoms with Crippen molar-refractivity contribution in [3.8, 4) is 11.5 Å². The maximum Gasteiger partial charge on any atom is 0.394 e. The smallest absolute Gasteiger partial charge is 0.394 e. The number of rotatable bonds is 13. The van der Waals surface area contributed by atoms with Gasteiger partial charge < -0.3 is 24.7 Å². The maximum absolute atomic E-state index is 13.9. The van der Waals surface area contributed by atoms with Crippen LogP contribution >= 0.6 is 0 Å². The van der Waals surface area contributed by atoms with E-state index in [1.54, 1.807) is 24.4 Å². The van der Waals surface area contributed by atoms with Crippen LogP contribution in [0.2, 0.25) is 0 Å². The van der Waals surface area contributed by atoms with Crippen LogP contribution in [0.3, 0.4) is 0 Å². The van der Waals surface area contributed by atoms with Gasteiger partial charge in [-0.2, -0.15) is 13.2 Å². The Balaban J connectivity index is 0.917. The number of ether oxygens (including phenoxy) is 2. The number of aromatic nitrogens is 2. The first-order valence-electron chi connectivity index (χ1n) is 21.6. The molecule has 4 aliphatic carbocycles. The van der Waals surface area contributed by atoms with Gasteiger partial charge in [0, 0.05) is 81.9 Å². The predicted octanol–water partition coefficient (Wildman–Crippen LogP) is 8.58. The molecule has 0 unspecified atom stereocenters. The van der Waals surface area contributed by atoms with Crippen LogP contribution in [0.25, 0.3) is 11.0 Å². The molecule has 63 heavy (non-hydrogen) atoms. The number of sulfonamides is 1. The number of pyridine rings is 1. The second-order valence-electron chi connectivity index (χ2n) is 19.0. The van der Waals surface area contributed by atoms with Gasteiger partial charge in [0.15, 0.2) is 0 Å². The monoisotopic (exact) mass is 891 g/mol. The fourth-order valence-corrected chi connectivity index (χ4v) is 11.4. The van der Waals surface area contributed by atoms with Gasteiger partial charge >= 0.3 is 6.18 Å². The van der Waals surface area contributed by atoms with E-state index in [0.29, 0.717) is 57.3 Å². The molecule has 4 heterocycles. The summed E-state index contributed by atoms with van der Waals surface area (Å²) in [5.41, 5.74) is 1.86. The fraction of sp³-hybridized carbons (Fsp3) is 0.511. The van der Waals surface area contributed by atoms with Crippen molar-refractivity contribution in [2.24, 2.45) is 22.2 Å². The highest BCUT2D eigenvalue weighted by Crippen LogP contribution is 2.82. The molecule has 0 spiro atoms. The lowest BCUT2D eigenvalue weighted by molar-refractivity contribution is -0.384. The molecule has 3 N–H and O–H groups in total. The Bertz CT molecular complexity index is 2560. The number of allylic oxidation sites excluding steroid dienone is 1. The van der Waals surface area contributed by atoms with Gasteiger partial charge in [-0.15, -0.1) is 0 Å². The lowest BCUT2D eigenvalue weighted by Gasteiger charge is -2.72. The molecule has 2 aliphatic heterocycles. The molecule has 6 aliphatic rings. The molecular formula is C45H52F3N7O7S. The Morgan fingerprint density at radius 2 is 1.79 bits per heavy atom. The van der Waals surface area contributed by atoms with E-state index in [1.165, 1.54) is 35.5 Å². The zero-order chi connectivity index (χ0) is 44.4. The van der Waals surface area contributed by atoms with Gasteiger partial charge in [-0.05, 0) is 105 Å². The lowest BCUT2D eigenvalue weighted by atomic mass is 9.31. The van der Waals surface area contributed by atoms with Crippen LogP contribution in [-0.4, -0.2) is 92.8 Å². The van der Waals surface area contributed by atoms with E-state index >= 15 is 0 Å². The number of anilines is 2. The minimum absolute atomic E-state index is 0.0589. The molecule has 10 rings (SSSR count). The number of hydrogen-bond acceptors (Lipinski definition) is 11. The molecule has 2 aromatic carbocycles. The summed E-state index contributed by atoms with van der Waals surface area (Å²) < 4.78 is 82.6. The normalized spacial score (nSPS) is 24.1. The van der Waals surface area contributed by atoms with Crippen LogP contribution < -0.4 is 19.7 Å². The Hall–Kier alpha value is -5.20. The van der Waals surface area contributed by atoms with E-state index in [9.17, 15) is 36.5 Å². The second-order valence-corrected chi connectivity index (χ2v) is 20.6. The molecule has 0 atom stereocenters. The zero-order valence-electron chi connectivity index (χ0n) is 35.4. The quantitative estimate of drug-likeness (QED) is 0.0667. The summed E-state index contributed by atoms with van der Waals surface area (Å²) in [7, 11) is -4.59. The average molecular weight is 892 g/mol. The van der Waals surface area contributed by atoms with E-state index in [0.717, 1.165) is 55.8 Å². The molecule has 14 nitrogen and oxygen atoms in total. The third-order valence-corrected chi connectivity index (χ3v) is 15.4. The first-order valence-corrected chi connectivity index (χ1v) is 23.1. The molecule has 4 aromatic rings. The Kier molecular flexibility index (Phi) is 11.0. The number of nitro groups is 1. The van der Waals surface area contributed by atoms with Crippen LogP contribution in [0.15, 0.2) is 77.0 Å². The number of piperazine rings is 1. The summed E-state index contributed by atoms with van der Waals surface area (Å²) >= 11 is 0. The third-order valence-electron chi connectivity index (χ3n) is 14.0. The number of nitrogens with zero attached hydrogens (tertiary/aromatic N) is 4. The van der Waals surface area contributed by atoms with Crippen molar-refractivity contribution in [2.75, 3.05) is 62.7 Å². The van der Waals surface area contributed by atoms with E-state index in [2.05, 4.69) is 43.7 Å². The fourth-order valence-electron chi connectivity index (χ4n) is 10.4. The third kappa shape index (κ3) is 8.48. The van der Waals surface area contributed by atoms with Crippen molar-refractivity contribution in [1.29, 1.82) is 0 Å². The number of hydrogen-bond donors (Lipinski definition) is 3. The standard InChI is InChI=1S/C45H52F3N7O7S/c1-42(2)11-7-31(36(22-42)43-26-44(27-43,28-43)45(46,47)48)25-53-13-15-54(16-14-53)32-3-5-35(39(20-32)62-33-19-30-8-12-49-40(30)51-24-33)41(56)52-63(59,60)34-4-6-37(38(21-34)55(57)58)50-23-29-9-17-61-18-10-29/h3-6,8,12,19-21,24,29,50H,7,9-11,13-18,22-23,25-28H2,1-2H3,(H,49,51)(H,52,56). The number of halogens is 3. The first kappa shape index (κ1) is 43.1. The molecule has 5 fully saturated rings. The van der Waals surface area contributed by atoms with E-state index in [4.69, 9.17) is 9.47 Å². The minimum atomic E-state index is -4.59. The molecule has 2 bridgehead atoms. The Morgan fingerprint density at radius 3 is 2.51 bits per heavy atom. The molecule has 1 amide bonds. The molecule has 2 saturated heterocycles. The number of nitro benzene ring substituents is 1. The highest BCUT2D eigenvalue weighted by molar-refractivity contribution is 7.90. The lowest BCUT2D eigenvalue weighted by Crippen LogP contribution is -2.69. The Labute approximate surface area is 363 Å².